The lowest BCUT2D eigenvalue weighted by atomic mass is 9.64. The Balaban J connectivity index is 2.16. The van der Waals surface area contributed by atoms with Crippen LogP contribution in [0.2, 0.25) is 0 Å². The predicted octanol–water partition coefficient (Wildman–Crippen LogP) is 1.66. The first kappa shape index (κ1) is 9.90. The van der Waals surface area contributed by atoms with E-state index in [1.807, 2.05) is 30.3 Å². The van der Waals surface area contributed by atoms with Crippen molar-refractivity contribution < 1.29 is 14.7 Å². The van der Waals surface area contributed by atoms with Gasteiger partial charge in [0.2, 0.25) is 0 Å². The smallest absolute Gasteiger partial charge is 0.310 e. The summed E-state index contributed by atoms with van der Waals surface area (Å²) in [6.45, 7) is 0. The predicted molar refractivity (Wildman–Crippen MR) is 54.5 cm³/mol. The molecule has 0 heterocycles. The van der Waals surface area contributed by atoms with Crippen molar-refractivity contribution >= 4 is 11.8 Å². The van der Waals surface area contributed by atoms with Gasteiger partial charge >= 0.3 is 5.97 Å². The molecule has 0 radical (unpaired) electrons. The highest BCUT2D eigenvalue weighted by Gasteiger charge is 2.49. The molecule has 1 aliphatic rings. The van der Waals surface area contributed by atoms with Gasteiger partial charge in [-0.2, -0.15) is 0 Å². The van der Waals surface area contributed by atoms with Crippen molar-refractivity contribution in [3.05, 3.63) is 35.9 Å². The van der Waals surface area contributed by atoms with Crippen molar-refractivity contribution in [2.75, 3.05) is 0 Å². The molecule has 1 saturated carbocycles. The molecule has 0 saturated heterocycles. The van der Waals surface area contributed by atoms with Crippen LogP contribution in [-0.4, -0.2) is 16.9 Å². The molecule has 1 aromatic rings. The van der Waals surface area contributed by atoms with Gasteiger partial charge < -0.3 is 5.11 Å². The molecule has 0 aliphatic heterocycles. The van der Waals surface area contributed by atoms with Crippen LogP contribution >= 0.6 is 0 Å². The van der Waals surface area contributed by atoms with Crippen molar-refractivity contribution in [1.82, 2.24) is 0 Å². The number of carboxylic acids is 1. The SMILES string of the molecule is O=C1CC(Cc2ccccc2)(C(=O)O)C1. The second-order valence-electron chi connectivity index (χ2n) is 4.14. The minimum Gasteiger partial charge on any atom is -0.481 e. The molecule has 3 heteroatoms. The fourth-order valence-electron chi connectivity index (χ4n) is 2.04. The summed E-state index contributed by atoms with van der Waals surface area (Å²) in [5.74, 6) is -0.806. The number of ketones is 1. The molecule has 0 spiro atoms. The maximum absolute atomic E-state index is 11.1. The lowest BCUT2D eigenvalue weighted by Crippen LogP contribution is -2.45. The van der Waals surface area contributed by atoms with E-state index in [-0.39, 0.29) is 18.6 Å². The molecule has 1 fully saturated rings. The summed E-state index contributed by atoms with van der Waals surface area (Å²) in [5.41, 5.74) is 0.144. The van der Waals surface area contributed by atoms with Gasteiger partial charge in [0, 0.05) is 12.8 Å². The quantitative estimate of drug-likeness (QED) is 0.814. The molecule has 0 unspecified atom stereocenters. The molecule has 78 valence electrons. The third-order valence-corrected chi connectivity index (χ3v) is 2.91. The minimum atomic E-state index is -0.856. The van der Waals surface area contributed by atoms with Gasteiger partial charge in [0.25, 0.3) is 0 Å². The number of benzene rings is 1. The van der Waals surface area contributed by atoms with E-state index in [9.17, 15) is 9.59 Å². The van der Waals surface area contributed by atoms with Gasteiger partial charge in [-0.1, -0.05) is 30.3 Å². The van der Waals surface area contributed by atoms with Gasteiger partial charge in [0.15, 0.2) is 0 Å². The van der Waals surface area contributed by atoms with Crippen LogP contribution < -0.4 is 0 Å². The van der Waals surface area contributed by atoms with E-state index in [2.05, 4.69) is 0 Å². The van der Waals surface area contributed by atoms with Gasteiger partial charge in [-0.25, -0.2) is 0 Å². The number of carboxylic acid groups (broad SMARTS) is 1. The zero-order valence-electron chi connectivity index (χ0n) is 8.27. The number of carbonyl (C=O) groups excluding carboxylic acids is 1. The highest BCUT2D eigenvalue weighted by Crippen LogP contribution is 2.41. The molecule has 3 nitrogen and oxygen atoms in total. The Bertz CT molecular complexity index is 387. The van der Waals surface area contributed by atoms with Crippen LogP contribution in [-0.2, 0) is 16.0 Å². The minimum absolute atomic E-state index is 0.0494. The normalized spacial score (nSPS) is 18.3. The number of rotatable bonds is 3. The largest absolute Gasteiger partial charge is 0.481 e. The summed E-state index contributed by atoms with van der Waals surface area (Å²) < 4.78 is 0. The lowest BCUT2D eigenvalue weighted by molar-refractivity contribution is -0.160. The summed E-state index contributed by atoms with van der Waals surface area (Å²) in [7, 11) is 0. The van der Waals surface area contributed by atoms with Crippen molar-refractivity contribution in [1.29, 1.82) is 0 Å². The first-order chi connectivity index (χ1) is 7.12. The number of hydrogen-bond donors (Lipinski definition) is 1. The molecule has 0 atom stereocenters. The molecule has 15 heavy (non-hydrogen) atoms. The monoisotopic (exact) mass is 204 g/mol. The number of carbonyl (C=O) groups is 2. The third-order valence-electron chi connectivity index (χ3n) is 2.91. The molecule has 1 aromatic carbocycles. The van der Waals surface area contributed by atoms with Crippen LogP contribution in [0.4, 0.5) is 0 Å². The van der Waals surface area contributed by atoms with Gasteiger partial charge in [0.1, 0.15) is 5.78 Å². The highest BCUT2D eigenvalue weighted by molar-refractivity contribution is 5.97. The van der Waals surface area contributed by atoms with Crippen LogP contribution in [0.25, 0.3) is 0 Å². The van der Waals surface area contributed by atoms with Crippen LogP contribution in [0.5, 0.6) is 0 Å². The second kappa shape index (κ2) is 3.50. The van der Waals surface area contributed by atoms with Crippen molar-refractivity contribution in [2.24, 2.45) is 5.41 Å². The van der Waals surface area contributed by atoms with Crippen LogP contribution in [0, 0.1) is 5.41 Å². The number of aliphatic carboxylic acids is 1. The Morgan fingerprint density at radius 1 is 1.27 bits per heavy atom. The van der Waals surface area contributed by atoms with Crippen LogP contribution in [0.15, 0.2) is 30.3 Å². The molecule has 0 amide bonds. The standard InChI is InChI=1S/C12H12O3/c13-10-7-12(8-10,11(14)15)6-9-4-2-1-3-5-9/h1-5H,6-8H2,(H,14,15). The summed E-state index contributed by atoms with van der Waals surface area (Å²) in [4.78, 5) is 22.0. The average molecular weight is 204 g/mol. The number of Topliss-reactive ketones (excluding diaryl/α,β-unsaturated/α-hetero) is 1. The Hall–Kier alpha value is -1.64. The maximum atomic E-state index is 11.1. The maximum Gasteiger partial charge on any atom is 0.310 e. The molecule has 1 N–H and O–H groups in total. The summed E-state index contributed by atoms with van der Waals surface area (Å²) in [5, 5.41) is 9.11. The second-order valence-corrected chi connectivity index (χ2v) is 4.14. The average Bonchev–Trinajstić information content (AvgIpc) is 2.16. The first-order valence-electron chi connectivity index (χ1n) is 4.91. The van der Waals surface area contributed by atoms with E-state index in [0.29, 0.717) is 6.42 Å². The Kier molecular flexibility index (Phi) is 2.31. The summed E-state index contributed by atoms with van der Waals surface area (Å²) in [6, 6.07) is 9.45. The third kappa shape index (κ3) is 1.77. The molecular formula is C12H12O3. The molecule has 0 aromatic heterocycles. The highest BCUT2D eigenvalue weighted by atomic mass is 16.4. The van der Waals surface area contributed by atoms with E-state index < -0.39 is 11.4 Å². The Morgan fingerprint density at radius 2 is 1.87 bits per heavy atom. The molecule has 1 aliphatic carbocycles. The van der Waals surface area contributed by atoms with Gasteiger partial charge in [-0.3, -0.25) is 9.59 Å². The van der Waals surface area contributed by atoms with Crippen molar-refractivity contribution in [2.45, 2.75) is 19.3 Å². The van der Waals surface area contributed by atoms with Crippen molar-refractivity contribution in [3.63, 3.8) is 0 Å². The molecule has 2 rings (SSSR count). The summed E-state index contributed by atoms with van der Waals surface area (Å²) in [6.07, 6.45) is 0.809. The van der Waals surface area contributed by atoms with Gasteiger partial charge in [-0.15, -0.1) is 0 Å². The van der Waals surface area contributed by atoms with E-state index in [0.717, 1.165) is 5.56 Å². The zero-order valence-corrected chi connectivity index (χ0v) is 8.27. The van der Waals surface area contributed by atoms with Gasteiger partial charge in [-0.05, 0) is 12.0 Å². The van der Waals surface area contributed by atoms with E-state index >= 15 is 0 Å². The Labute approximate surface area is 87.7 Å². The number of hydrogen-bond acceptors (Lipinski definition) is 2. The van der Waals surface area contributed by atoms with E-state index in [1.165, 1.54) is 0 Å². The lowest BCUT2D eigenvalue weighted by Gasteiger charge is -2.36. The summed E-state index contributed by atoms with van der Waals surface area (Å²) >= 11 is 0. The van der Waals surface area contributed by atoms with E-state index in [1.54, 1.807) is 0 Å². The topological polar surface area (TPSA) is 54.4 Å². The molecule has 0 bridgehead atoms. The van der Waals surface area contributed by atoms with Crippen LogP contribution in [0.3, 0.4) is 0 Å². The first-order valence-corrected chi connectivity index (χ1v) is 4.91. The Morgan fingerprint density at radius 3 is 2.33 bits per heavy atom. The van der Waals surface area contributed by atoms with Crippen LogP contribution in [0.1, 0.15) is 18.4 Å². The molecular weight excluding hydrogens is 192 g/mol. The fourth-order valence-corrected chi connectivity index (χ4v) is 2.04. The fraction of sp³-hybridized carbons (Fsp3) is 0.333. The van der Waals surface area contributed by atoms with Crippen molar-refractivity contribution in [3.8, 4) is 0 Å². The van der Waals surface area contributed by atoms with Gasteiger partial charge in [0.05, 0.1) is 5.41 Å². The van der Waals surface area contributed by atoms with E-state index in [4.69, 9.17) is 5.11 Å². The zero-order chi connectivity index (χ0) is 10.9.